The Labute approximate surface area is 122 Å². The summed E-state index contributed by atoms with van der Waals surface area (Å²) in [5.74, 6) is 0.600. The molecular weight excluding hydrogens is 270 g/mol. The number of H-pyrrole nitrogens is 1. The molecule has 21 heavy (non-hydrogen) atoms. The van der Waals surface area contributed by atoms with Crippen LogP contribution in [0.15, 0.2) is 18.6 Å². The first-order valence-corrected chi connectivity index (χ1v) is 7.10. The SMILES string of the molecule is CN(Cc1ncc[nH]1)C(=O)c1cn(C2CCNCC2)nn1. The standard InChI is InChI=1S/C13H19N7O/c1-19(9-12-15-6-7-16-12)13(21)11-8-20(18-17-11)10-2-4-14-5-3-10/h6-8,10,14H,2-5,9H2,1H3,(H,15,16). The van der Waals surface area contributed by atoms with E-state index in [4.69, 9.17) is 0 Å². The third-order valence-electron chi connectivity index (χ3n) is 3.70. The van der Waals surface area contributed by atoms with Crippen LogP contribution in [0, 0.1) is 0 Å². The molecule has 0 aromatic carbocycles. The summed E-state index contributed by atoms with van der Waals surface area (Å²) in [7, 11) is 1.73. The summed E-state index contributed by atoms with van der Waals surface area (Å²) in [6.45, 7) is 2.38. The summed E-state index contributed by atoms with van der Waals surface area (Å²) >= 11 is 0. The van der Waals surface area contributed by atoms with Crippen LogP contribution in [-0.4, -0.2) is 55.9 Å². The van der Waals surface area contributed by atoms with Crippen molar-refractivity contribution in [3.63, 3.8) is 0 Å². The zero-order valence-corrected chi connectivity index (χ0v) is 12.0. The number of aromatic amines is 1. The molecule has 3 rings (SSSR count). The van der Waals surface area contributed by atoms with Gasteiger partial charge in [-0.15, -0.1) is 5.10 Å². The van der Waals surface area contributed by atoms with Crippen LogP contribution in [0.2, 0.25) is 0 Å². The van der Waals surface area contributed by atoms with E-state index in [2.05, 4.69) is 25.6 Å². The van der Waals surface area contributed by atoms with E-state index < -0.39 is 0 Å². The Morgan fingerprint density at radius 3 is 3.00 bits per heavy atom. The highest BCUT2D eigenvalue weighted by Crippen LogP contribution is 2.17. The topological polar surface area (TPSA) is 91.7 Å². The van der Waals surface area contributed by atoms with Gasteiger partial charge in [-0.3, -0.25) is 4.79 Å². The number of hydrogen-bond donors (Lipinski definition) is 2. The average Bonchev–Trinajstić information content (AvgIpc) is 3.18. The van der Waals surface area contributed by atoms with Crippen molar-refractivity contribution in [2.45, 2.75) is 25.4 Å². The van der Waals surface area contributed by atoms with Crippen LogP contribution in [0.4, 0.5) is 0 Å². The van der Waals surface area contributed by atoms with Gasteiger partial charge in [0.25, 0.3) is 5.91 Å². The van der Waals surface area contributed by atoms with Gasteiger partial charge in [-0.05, 0) is 25.9 Å². The minimum Gasteiger partial charge on any atom is -0.347 e. The van der Waals surface area contributed by atoms with Crippen LogP contribution < -0.4 is 5.32 Å². The summed E-state index contributed by atoms with van der Waals surface area (Å²) in [5.41, 5.74) is 0.377. The highest BCUT2D eigenvalue weighted by atomic mass is 16.2. The van der Waals surface area contributed by atoms with E-state index in [0.29, 0.717) is 18.3 Å². The molecule has 1 aliphatic heterocycles. The molecule has 0 spiro atoms. The molecule has 0 atom stereocenters. The first-order valence-electron chi connectivity index (χ1n) is 7.10. The normalized spacial score (nSPS) is 16.0. The lowest BCUT2D eigenvalue weighted by molar-refractivity contribution is 0.0776. The van der Waals surface area contributed by atoms with E-state index in [1.54, 1.807) is 30.5 Å². The van der Waals surface area contributed by atoms with E-state index in [0.717, 1.165) is 31.8 Å². The maximum absolute atomic E-state index is 12.3. The molecule has 0 saturated carbocycles. The fourth-order valence-electron chi connectivity index (χ4n) is 2.50. The van der Waals surface area contributed by atoms with E-state index in [1.165, 1.54) is 0 Å². The van der Waals surface area contributed by atoms with Crippen LogP contribution >= 0.6 is 0 Å². The van der Waals surface area contributed by atoms with Crippen LogP contribution in [0.3, 0.4) is 0 Å². The number of hydrogen-bond acceptors (Lipinski definition) is 5. The Kier molecular flexibility index (Phi) is 3.96. The monoisotopic (exact) mass is 289 g/mol. The number of aromatic nitrogens is 5. The fourth-order valence-corrected chi connectivity index (χ4v) is 2.50. The molecule has 1 saturated heterocycles. The van der Waals surface area contributed by atoms with Gasteiger partial charge >= 0.3 is 0 Å². The van der Waals surface area contributed by atoms with Gasteiger partial charge in [0.15, 0.2) is 5.69 Å². The maximum Gasteiger partial charge on any atom is 0.276 e. The first kappa shape index (κ1) is 13.7. The molecule has 8 nitrogen and oxygen atoms in total. The zero-order chi connectivity index (χ0) is 14.7. The number of nitrogens with one attached hydrogen (secondary N) is 2. The number of imidazole rings is 1. The predicted octanol–water partition coefficient (Wildman–Crippen LogP) is 0.198. The van der Waals surface area contributed by atoms with Crippen molar-refractivity contribution in [1.29, 1.82) is 0 Å². The van der Waals surface area contributed by atoms with Crippen molar-refractivity contribution in [1.82, 2.24) is 35.2 Å². The molecule has 2 aromatic rings. The molecular formula is C13H19N7O. The number of rotatable bonds is 4. The molecule has 0 bridgehead atoms. The van der Waals surface area contributed by atoms with E-state index >= 15 is 0 Å². The van der Waals surface area contributed by atoms with E-state index in [9.17, 15) is 4.79 Å². The Bertz CT molecular complexity index is 585. The minimum absolute atomic E-state index is 0.147. The van der Waals surface area contributed by atoms with Gasteiger partial charge in [0.1, 0.15) is 5.82 Å². The molecule has 2 N–H and O–H groups in total. The Morgan fingerprint density at radius 1 is 1.48 bits per heavy atom. The lowest BCUT2D eigenvalue weighted by Gasteiger charge is -2.22. The number of piperidine rings is 1. The number of carbonyl (C=O) groups is 1. The second kappa shape index (κ2) is 6.04. The summed E-state index contributed by atoms with van der Waals surface area (Å²) < 4.78 is 1.81. The molecule has 1 fully saturated rings. The molecule has 1 amide bonds. The van der Waals surface area contributed by atoms with Crippen molar-refractivity contribution < 1.29 is 4.79 Å². The summed E-state index contributed by atoms with van der Waals surface area (Å²) in [5, 5.41) is 11.4. The van der Waals surface area contributed by atoms with Crippen LogP contribution in [0.25, 0.3) is 0 Å². The molecule has 2 aromatic heterocycles. The van der Waals surface area contributed by atoms with Gasteiger partial charge in [0.05, 0.1) is 18.8 Å². The summed E-state index contributed by atoms with van der Waals surface area (Å²) in [4.78, 5) is 21.0. The van der Waals surface area contributed by atoms with Gasteiger partial charge in [-0.1, -0.05) is 5.21 Å². The van der Waals surface area contributed by atoms with Gasteiger partial charge in [-0.25, -0.2) is 9.67 Å². The summed E-state index contributed by atoms with van der Waals surface area (Å²) in [6.07, 6.45) is 7.18. The molecule has 1 aliphatic rings. The molecule has 0 radical (unpaired) electrons. The van der Waals surface area contributed by atoms with Crippen LogP contribution in [0.1, 0.15) is 35.2 Å². The predicted molar refractivity (Wildman–Crippen MR) is 75.5 cm³/mol. The quantitative estimate of drug-likeness (QED) is 0.839. The maximum atomic E-state index is 12.3. The lowest BCUT2D eigenvalue weighted by Crippen LogP contribution is -2.29. The second-order valence-electron chi connectivity index (χ2n) is 5.26. The van der Waals surface area contributed by atoms with Gasteiger partial charge in [-0.2, -0.15) is 0 Å². The Balaban J connectivity index is 1.65. The lowest BCUT2D eigenvalue weighted by atomic mass is 10.1. The van der Waals surface area contributed by atoms with Crippen LogP contribution in [0.5, 0.6) is 0 Å². The van der Waals surface area contributed by atoms with Crippen molar-refractivity contribution >= 4 is 5.91 Å². The Hall–Kier alpha value is -2.22. The zero-order valence-electron chi connectivity index (χ0n) is 12.0. The van der Waals surface area contributed by atoms with Crippen molar-refractivity contribution in [2.24, 2.45) is 0 Å². The molecule has 0 aliphatic carbocycles. The smallest absolute Gasteiger partial charge is 0.276 e. The fraction of sp³-hybridized carbons (Fsp3) is 0.538. The van der Waals surface area contributed by atoms with Gasteiger partial charge < -0.3 is 15.2 Å². The first-order chi connectivity index (χ1) is 10.2. The molecule has 8 heteroatoms. The van der Waals surface area contributed by atoms with Crippen molar-refractivity contribution in [3.8, 4) is 0 Å². The van der Waals surface area contributed by atoms with Crippen LogP contribution in [-0.2, 0) is 6.54 Å². The number of amides is 1. The van der Waals surface area contributed by atoms with E-state index in [-0.39, 0.29) is 5.91 Å². The van der Waals surface area contributed by atoms with Gasteiger partial charge in [0, 0.05) is 19.4 Å². The molecule has 0 unspecified atom stereocenters. The number of carbonyl (C=O) groups excluding carboxylic acids is 1. The van der Waals surface area contributed by atoms with Crippen molar-refractivity contribution in [2.75, 3.05) is 20.1 Å². The molecule has 112 valence electrons. The highest BCUT2D eigenvalue weighted by molar-refractivity contribution is 5.91. The molecule has 3 heterocycles. The average molecular weight is 289 g/mol. The third-order valence-corrected chi connectivity index (χ3v) is 3.70. The summed E-state index contributed by atoms with van der Waals surface area (Å²) in [6, 6.07) is 0.329. The number of nitrogens with zero attached hydrogens (tertiary/aromatic N) is 5. The third kappa shape index (κ3) is 3.10. The highest BCUT2D eigenvalue weighted by Gasteiger charge is 2.20. The van der Waals surface area contributed by atoms with Gasteiger partial charge in [0.2, 0.25) is 0 Å². The minimum atomic E-state index is -0.147. The second-order valence-corrected chi connectivity index (χ2v) is 5.26. The largest absolute Gasteiger partial charge is 0.347 e. The Morgan fingerprint density at radius 2 is 2.29 bits per heavy atom. The van der Waals surface area contributed by atoms with Crippen molar-refractivity contribution in [3.05, 3.63) is 30.1 Å². The van der Waals surface area contributed by atoms with E-state index in [1.807, 2.05) is 4.68 Å².